The Hall–Kier alpha value is -2.27. The Morgan fingerprint density at radius 1 is 1.25 bits per heavy atom. The highest BCUT2D eigenvalue weighted by molar-refractivity contribution is 6.34. The third kappa shape index (κ3) is 3.19. The Morgan fingerprint density at radius 2 is 1.90 bits per heavy atom. The number of benzene rings is 1. The van der Waals surface area contributed by atoms with Crippen LogP contribution in [-0.2, 0) is 0 Å². The van der Waals surface area contributed by atoms with E-state index in [1.165, 1.54) is 12.3 Å². The molecule has 0 saturated carbocycles. The summed E-state index contributed by atoms with van der Waals surface area (Å²) in [5, 5.41) is 14.1. The van der Waals surface area contributed by atoms with Gasteiger partial charge >= 0.3 is 0 Å². The number of nitrogens with zero attached hydrogens (tertiary/aromatic N) is 2. The van der Waals surface area contributed by atoms with Crippen molar-refractivity contribution in [3.8, 4) is 0 Å². The van der Waals surface area contributed by atoms with Gasteiger partial charge in [-0.3, -0.25) is 4.79 Å². The van der Waals surface area contributed by atoms with Crippen molar-refractivity contribution in [3.05, 3.63) is 58.5 Å². The van der Waals surface area contributed by atoms with Crippen molar-refractivity contribution in [3.63, 3.8) is 0 Å². The molecule has 1 N–H and O–H groups in total. The Labute approximate surface area is 122 Å². The fraction of sp³-hybridized carbons (Fsp3) is 0.143. The maximum Gasteiger partial charge on any atom is 0.263 e. The molecule has 6 heteroatoms. The molecule has 2 aromatic rings. The fourth-order valence-corrected chi connectivity index (χ4v) is 1.86. The van der Waals surface area contributed by atoms with Gasteiger partial charge in [-0.25, -0.2) is 0 Å². The van der Waals surface area contributed by atoms with Crippen molar-refractivity contribution in [2.24, 2.45) is 0 Å². The zero-order chi connectivity index (χ0) is 14.7. The predicted molar refractivity (Wildman–Crippen MR) is 79.1 cm³/mol. The van der Waals surface area contributed by atoms with Crippen LogP contribution in [0.2, 0.25) is 5.02 Å². The van der Waals surface area contributed by atoms with Crippen LogP contribution in [0.15, 0.2) is 42.7 Å². The molecule has 1 heterocycles. The van der Waals surface area contributed by atoms with Crippen molar-refractivity contribution in [2.75, 3.05) is 24.3 Å². The highest BCUT2D eigenvalue weighted by atomic mass is 35.5. The molecule has 0 atom stereocenters. The van der Waals surface area contributed by atoms with Crippen LogP contribution in [0.5, 0.6) is 0 Å². The molecule has 5 nitrogen and oxygen atoms in total. The number of aromatic nitrogens is 1. The van der Waals surface area contributed by atoms with E-state index in [0.29, 0.717) is 10.4 Å². The van der Waals surface area contributed by atoms with Crippen LogP contribution < -0.4 is 14.9 Å². The molecule has 1 amide bonds. The molecule has 1 aromatic heterocycles. The third-order valence-electron chi connectivity index (χ3n) is 2.77. The largest absolute Gasteiger partial charge is 0.619 e. The Balaban J connectivity index is 2.17. The van der Waals surface area contributed by atoms with Crippen molar-refractivity contribution in [2.45, 2.75) is 0 Å². The summed E-state index contributed by atoms with van der Waals surface area (Å²) in [5.74, 6) is -0.419. The predicted octanol–water partition coefficient (Wildman–Crippen LogP) is 2.29. The average Bonchev–Trinajstić information content (AvgIpc) is 2.42. The Kier molecular flexibility index (Phi) is 4.10. The number of hydrogen-bond donors (Lipinski definition) is 1. The van der Waals surface area contributed by atoms with Crippen LogP contribution >= 0.6 is 11.6 Å². The van der Waals surface area contributed by atoms with Crippen LogP contribution in [0.4, 0.5) is 11.4 Å². The summed E-state index contributed by atoms with van der Waals surface area (Å²) < 4.78 is 0.538. The third-order valence-corrected chi connectivity index (χ3v) is 3.10. The van der Waals surface area contributed by atoms with E-state index in [1.807, 2.05) is 31.1 Å². The van der Waals surface area contributed by atoms with Crippen LogP contribution in [0.25, 0.3) is 0 Å². The SMILES string of the molecule is CN(C)c1ccc(NC(=O)c2c[n+]([O-])ccc2Cl)cc1. The first-order chi connectivity index (χ1) is 9.47. The van der Waals surface area contributed by atoms with Crippen LogP contribution in [0.1, 0.15) is 10.4 Å². The lowest BCUT2D eigenvalue weighted by Crippen LogP contribution is -2.27. The van der Waals surface area contributed by atoms with Crippen LogP contribution in [-0.4, -0.2) is 20.0 Å². The number of rotatable bonds is 3. The van der Waals surface area contributed by atoms with Crippen molar-refractivity contribution >= 4 is 28.9 Å². The number of anilines is 2. The van der Waals surface area contributed by atoms with Gasteiger partial charge < -0.3 is 15.4 Å². The molecule has 0 aliphatic rings. The molecule has 0 aliphatic heterocycles. The molecule has 104 valence electrons. The maximum atomic E-state index is 12.0. The van der Waals surface area contributed by atoms with Crippen LogP contribution in [0, 0.1) is 5.21 Å². The topological polar surface area (TPSA) is 59.3 Å². The smallest absolute Gasteiger partial charge is 0.263 e. The normalized spacial score (nSPS) is 10.2. The highest BCUT2D eigenvalue weighted by Gasteiger charge is 2.14. The quantitative estimate of drug-likeness (QED) is 0.697. The van der Waals surface area contributed by atoms with E-state index in [0.717, 1.165) is 11.9 Å². The van der Waals surface area contributed by atoms with Gasteiger partial charge in [-0.05, 0) is 24.3 Å². The number of hydrogen-bond acceptors (Lipinski definition) is 3. The van der Waals surface area contributed by atoms with Gasteiger partial charge in [0.05, 0.1) is 5.02 Å². The van der Waals surface area contributed by atoms with E-state index >= 15 is 0 Å². The standard InChI is InChI=1S/C14H14ClN3O2/c1-17(2)11-5-3-10(4-6-11)16-14(19)12-9-18(20)8-7-13(12)15/h3-9H,1-2H3,(H,16,19). The lowest BCUT2D eigenvalue weighted by molar-refractivity contribution is -0.605. The zero-order valence-corrected chi connectivity index (χ0v) is 11.9. The summed E-state index contributed by atoms with van der Waals surface area (Å²) >= 11 is 5.90. The number of nitrogens with one attached hydrogen (secondary N) is 1. The number of carbonyl (C=O) groups excluding carboxylic acids is 1. The van der Waals surface area contributed by atoms with Crippen LogP contribution in [0.3, 0.4) is 0 Å². The second-order valence-corrected chi connectivity index (χ2v) is 4.87. The minimum absolute atomic E-state index is 0.140. The summed E-state index contributed by atoms with van der Waals surface area (Å²) in [6.07, 6.45) is 2.39. The van der Waals surface area contributed by atoms with Gasteiger partial charge in [0.1, 0.15) is 5.56 Å². The lowest BCUT2D eigenvalue weighted by atomic mass is 10.2. The van der Waals surface area contributed by atoms with Gasteiger partial charge in [0.2, 0.25) is 0 Å². The Bertz CT molecular complexity index is 627. The molecule has 1 aromatic carbocycles. The number of amides is 1. The van der Waals surface area contributed by atoms with Crippen molar-refractivity contribution in [1.82, 2.24) is 0 Å². The first kappa shape index (κ1) is 14.1. The summed E-state index contributed by atoms with van der Waals surface area (Å²) in [4.78, 5) is 14.0. The molecule has 0 fully saturated rings. The summed E-state index contributed by atoms with van der Waals surface area (Å²) in [6, 6.07) is 8.73. The van der Waals surface area contributed by atoms with E-state index in [1.54, 1.807) is 12.1 Å². The molecular weight excluding hydrogens is 278 g/mol. The molecule has 0 bridgehead atoms. The van der Waals surface area contributed by atoms with E-state index in [4.69, 9.17) is 11.6 Å². The zero-order valence-electron chi connectivity index (χ0n) is 11.1. The van der Waals surface area contributed by atoms with Gasteiger partial charge in [0.15, 0.2) is 12.4 Å². The minimum Gasteiger partial charge on any atom is -0.619 e. The molecule has 0 spiro atoms. The number of carbonyl (C=O) groups is 1. The molecular formula is C14H14ClN3O2. The van der Waals surface area contributed by atoms with Crippen molar-refractivity contribution < 1.29 is 9.52 Å². The molecule has 2 rings (SSSR count). The molecule has 0 aliphatic carbocycles. The number of halogens is 1. The second-order valence-electron chi connectivity index (χ2n) is 4.46. The van der Waals surface area contributed by atoms with E-state index in [9.17, 15) is 10.0 Å². The highest BCUT2D eigenvalue weighted by Crippen LogP contribution is 2.18. The number of pyridine rings is 1. The maximum absolute atomic E-state index is 12.0. The monoisotopic (exact) mass is 291 g/mol. The molecule has 0 saturated heterocycles. The van der Waals surface area contributed by atoms with Gasteiger partial charge in [0.25, 0.3) is 5.91 Å². The summed E-state index contributed by atoms with van der Waals surface area (Å²) in [5.41, 5.74) is 1.80. The first-order valence-corrected chi connectivity index (χ1v) is 6.32. The molecule has 0 radical (unpaired) electrons. The minimum atomic E-state index is -0.419. The Morgan fingerprint density at radius 3 is 2.50 bits per heavy atom. The van der Waals surface area contributed by atoms with Gasteiger partial charge in [-0.1, -0.05) is 11.6 Å². The average molecular weight is 292 g/mol. The first-order valence-electron chi connectivity index (χ1n) is 5.94. The van der Waals surface area contributed by atoms with Gasteiger partial charge in [-0.15, -0.1) is 0 Å². The van der Waals surface area contributed by atoms with E-state index in [-0.39, 0.29) is 10.6 Å². The van der Waals surface area contributed by atoms with Crippen molar-refractivity contribution in [1.29, 1.82) is 0 Å². The van der Waals surface area contributed by atoms with Gasteiger partial charge in [-0.2, -0.15) is 4.73 Å². The molecule has 0 unspecified atom stereocenters. The van der Waals surface area contributed by atoms with E-state index in [2.05, 4.69) is 5.32 Å². The summed E-state index contributed by atoms with van der Waals surface area (Å²) in [6.45, 7) is 0. The fourth-order valence-electron chi connectivity index (χ4n) is 1.67. The second kappa shape index (κ2) is 5.79. The lowest BCUT2D eigenvalue weighted by Gasteiger charge is -2.13. The summed E-state index contributed by atoms with van der Waals surface area (Å²) in [7, 11) is 3.87. The molecule has 20 heavy (non-hydrogen) atoms. The van der Waals surface area contributed by atoms with Gasteiger partial charge in [0, 0.05) is 31.5 Å². The van der Waals surface area contributed by atoms with E-state index < -0.39 is 5.91 Å².